The number of aromatic nitrogens is 1. The van der Waals surface area contributed by atoms with Crippen LogP contribution in [-0.4, -0.2) is 6.09 Å². The fraction of sp³-hybridized carbons (Fsp3) is 0.200. The number of nitrogens with zero attached hydrogens (tertiary/aromatic N) is 1. The molecule has 108 valence electrons. The van der Waals surface area contributed by atoms with Crippen molar-refractivity contribution >= 4 is 27.7 Å². The van der Waals surface area contributed by atoms with E-state index in [1.807, 2.05) is 38.1 Å². The molecule has 6 heteroatoms. The van der Waals surface area contributed by atoms with Crippen molar-refractivity contribution in [1.82, 2.24) is 0 Å². The van der Waals surface area contributed by atoms with Gasteiger partial charge in [0.2, 0.25) is 0 Å². The Morgan fingerprint density at radius 3 is 2.71 bits per heavy atom. The summed E-state index contributed by atoms with van der Waals surface area (Å²) in [6.07, 6.45) is 2.48. The molecule has 0 bridgehead atoms. The van der Waals surface area contributed by atoms with E-state index in [2.05, 4.69) is 21.2 Å². The molecule has 2 aromatic rings. The standard InChI is InChI=1S/C15H13BrN2O3/c1-15(2)12-6-9(3-4-13(12)17-14(19)21-15)10-5-11(16)8-18(20)7-10/h3-8H,1-2H3,(H,17,19). The maximum Gasteiger partial charge on any atom is 0.412 e. The van der Waals surface area contributed by atoms with Gasteiger partial charge < -0.3 is 9.94 Å². The van der Waals surface area contributed by atoms with Gasteiger partial charge in [-0.15, -0.1) is 0 Å². The SMILES string of the molecule is CC1(C)OC(=O)Nc2ccc(-c3cc(Br)c[n+]([O-])c3)cc21. The summed E-state index contributed by atoms with van der Waals surface area (Å²) >= 11 is 3.31. The summed E-state index contributed by atoms with van der Waals surface area (Å²) in [5.74, 6) is 0. The van der Waals surface area contributed by atoms with Crippen molar-refractivity contribution in [3.05, 3.63) is 51.9 Å². The molecular weight excluding hydrogens is 336 g/mol. The average Bonchev–Trinajstić information content (AvgIpc) is 2.36. The number of amides is 1. The monoisotopic (exact) mass is 348 g/mol. The Morgan fingerprint density at radius 1 is 1.24 bits per heavy atom. The molecular formula is C15H13BrN2O3. The molecule has 2 heterocycles. The van der Waals surface area contributed by atoms with Crippen LogP contribution in [0.15, 0.2) is 41.1 Å². The van der Waals surface area contributed by atoms with Crippen molar-refractivity contribution in [3.8, 4) is 11.1 Å². The normalized spacial score (nSPS) is 15.9. The molecule has 1 aliphatic heterocycles. The van der Waals surface area contributed by atoms with Gasteiger partial charge in [0.05, 0.1) is 10.2 Å². The molecule has 1 aromatic carbocycles. The number of carbonyl (C=O) groups excluding carboxylic acids is 1. The number of rotatable bonds is 1. The van der Waals surface area contributed by atoms with E-state index in [0.29, 0.717) is 4.47 Å². The number of cyclic esters (lactones) is 1. The zero-order valence-corrected chi connectivity index (χ0v) is 13.1. The molecule has 0 spiro atoms. The molecule has 21 heavy (non-hydrogen) atoms. The first-order valence-electron chi connectivity index (χ1n) is 6.39. The Bertz CT molecular complexity index is 723. The van der Waals surface area contributed by atoms with Gasteiger partial charge in [-0.1, -0.05) is 6.07 Å². The second-order valence-corrected chi connectivity index (χ2v) is 6.30. The number of nitrogens with one attached hydrogen (secondary N) is 1. The Hall–Kier alpha value is -2.08. The van der Waals surface area contributed by atoms with E-state index in [1.54, 1.807) is 0 Å². The molecule has 1 aliphatic rings. The molecule has 0 atom stereocenters. The summed E-state index contributed by atoms with van der Waals surface area (Å²) in [7, 11) is 0. The number of hydrogen-bond acceptors (Lipinski definition) is 3. The molecule has 1 amide bonds. The number of hydrogen-bond donors (Lipinski definition) is 1. The van der Waals surface area contributed by atoms with Crippen LogP contribution in [0.3, 0.4) is 0 Å². The van der Waals surface area contributed by atoms with Crippen molar-refractivity contribution in [3.63, 3.8) is 0 Å². The largest absolute Gasteiger partial charge is 0.619 e. The van der Waals surface area contributed by atoms with Crippen molar-refractivity contribution < 1.29 is 14.3 Å². The average molecular weight is 349 g/mol. The number of fused-ring (bicyclic) bond motifs is 1. The minimum absolute atomic E-state index is 0.458. The van der Waals surface area contributed by atoms with Gasteiger partial charge in [0, 0.05) is 11.1 Å². The van der Waals surface area contributed by atoms with Gasteiger partial charge in [0.25, 0.3) is 0 Å². The number of carbonyl (C=O) groups is 1. The number of anilines is 1. The zero-order valence-electron chi connectivity index (χ0n) is 11.5. The lowest BCUT2D eigenvalue weighted by atomic mass is 9.91. The lowest BCUT2D eigenvalue weighted by molar-refractivity contribution is -0.605. The Morgan fingerprint density at radius 2 is 2.00 bits per heavy atom. The molecule has 0 radical (unpaired) electrons. The van der Waals surface area contributed by atoms with E-state index >= 15 is 0 Å². The van der Waals surface area contributed by atoms with Crippen LogP contribution in [0.1, 0.15) is 19.4 Å². The Kier molecular flexibility index (Phi) is 3.13. The van der Waals surface area contributed by atoms with Crippen LogP contribution in [0.25, 0.3) is 11.1 Å². The van der Waals surface area contributed by atoms with Crippen LogP contribution >= 0.6 is 15.9 Å². The summed E-state index contributed by atoms with van der Waals surface area (Å²) in [6, 6.07) is 7.48. The van der Waals surface area contributed by atoms with Gasteiger partial charge in [-0.3, -0.25) is 5.32 Å². The van der Waals surface area contributed by atoms with Crippen LogP contribution < -0.4 is 10.0 Å². The van der Waals surface area contributed by atoms with Gasteiger partial charge in [-0.25, -0.2) is 4.79 Å². The maximum atomic E-state index is 11.5. The highest BCUT2D eigenvalue weighted by atomic mass is 79.9. The lowest BCUT2D eigenvalue weighted by Crippen LogP contribution is -2.34. The van der Waals surface area contributed by atoms with Crippen LogP contribution in [-0.2, 0) is 10.3 Å². The van der Waals surface area contributed by atoms with Gasteiger partial charge >= 0.3 is 6.09 Å². The van der Waals surface area contributed by atoms with Crippen LogP contribution in [0.4, 0.5) is 10.5 Å². The molecule has 0 aliphatic carbocycles. The number of pyridine rings is 1. The van der Waals surface area contributed by atoms with E-state index < -0.39 is 11.7 Å². The highest BCUT2D eigenvalue weighted by molar-refractivity contribution is 9.10. The first-order valence-corrected chi connectivity index (χ1v) is 7.19. The van der Waals surface area contributed by atoms with Crippen molar-refractivity contribution in [2.75, 3.05) is 5.32 Å². The van der Waals surface area contributed by atoms with Crippen molar-refractivity contribution in [2.24, 2.45) is 0 Å². The fourth-order valence-corrected chi connectivity index (χ4v) is 2.88. The molecule has 1 aromatic heterocycles. The van der Waals surface area contributed by atoms with Crippen LogP contribution in [0.2, 0.25) is 0 Å². The smallest absolute Gasteiger partial charge is 0.412 e. The predicted molar refractivity (Wildman–Crippen MR) is 81.7 cm³/mol. The van der Waals surface area contributed by atoms with Crippen molar-refractivity contribution in [2.45, 2.75) is 19.4 Å². The summed E-state index contributed by atoms with van der Waals surface area (Å²) < 4.78 is 6.77. The first kappa shape index (κ1) is 13.9. The minimum Gasteiger partial charge on any atom is -0.619 e. The highest BCUT2D eigenvalue weighted by Gasteiger charge is 2.33. The van der Waals surface area contributed by atoms with Gasteiger partial charge in [-0.2, -0.15) is 4.73 Å². The third kappa shape index (κ3) is 2.58. The van der Waals surface area contributed by atoms with Gasteiger partial charge in [0.15, 0.2) is 12.4 Å². The molecule has 0 saturated heterocycles. The molecule has 5 nitrogen and oxygen atoms in total. The zero-order chi connectivity index (χ0) is 15.2. The van der Waals surface area contributed by atoms with Crippen LogP contribution in [0, 0.1) is 5.21 Å². The number of halogens is 1. The predicted octanol–water partition coefficient (Wildman–Crippen LogP) is 3.55. The first-order chi connectivity index (χ1) is 9.85. The Balaban J connectivity index is 2.13. The summed E-state index contributed by atoms with van der Waals surface area (Å²) in [4.78, 5) is 11.5. The van der Waals surface area contributed by atoms with E-state index in [9.17, 15) is 10.0 Å². The van der Waals surface area contributed by atoms with Crippen molar-refractivity contribution in [1.29, 1.82) is 0 Å². The molecule has 0 saturated carbocycles. The lowest BCUT2D eigenvalue weighted by Gasteiger charge is -2.32. The van der Waals surface area contributed by atoms with Crippen LogP contribution in [0.5, 0.6) is 0 Å². The maximum absolute atomic E-state index is 11.5. The molecule has 0 fully saturated rings. The van der Waals surface area contributed by atoms with E-state index in [1.165, 1.54) is 12.4 Å². The topological polar surface area (TPSA) is 65.3 Å². The second kappa shape index (κ2) is 4.73. The quantitative estimate of drug-likeness (QED) is 0.633. The van der Waals surface area contributed by atoms with E-state index in [4.69, 9.17) is 4.74 Å². The number of ether oxygens (including phenoxy) is 1. The summed E-state index contributed by atoms with van der Waals surface area (Å²) in [5, 5.41) is 14.2. The molecule has 1 N–H and O–H groups in total. The third-order valence-corrected chi connectivity index (χ3v) is 3.83. The summed E-state index contributed by atoms with van der Waals surface area (Å²) in [5.41, 5.74) is 2.55. The highest BCUT2D eigenvalue weighted by Crippen LogP contribution is 2.38. The Labute approximate surface area is 130 Å². The molecule has 0 unspecified atom stereocenters. The fourth-order valence-electron chi connectivity index (χ4n) is 2.43. The third-order valence-electron chi connectivity index (χ3n) is 3.40. The van der Waals surface area contributed by atoms with E-state index in [0.717, 1.165) is 27.1 Å². The minimum atomic E-state index is -0.715. The second-order valence-electron chi connectivity index (χ2n) is 5.39. The molecule has 3 rings (SSSR count). The summed E-state index contributed by atoms with van der Waals surface area (Å²) in [6.45, 7) is 3.67. The van der Waals surface area contributed by atoms with E-state index in [-0.39, 0.29) is 0 Å². The van der Waals surface area contributed by atoms with Gasteiger partial charge in [-0.05, 0) is 53.5 Å². The van der Waals surface area contributed by atoms with Gasteiger partial charge in [0.1, 0.15) is 5.60 Å². The number of benzene rings is 1.